The zero-order valence-electron chi connectivity index (χ0n) is 27.2. The van der Waals surface area contributed by atoms with Crippen LogP contribution >= 0.6 is 0 Å². The Morgan fingerprint density at radius 1 is 0.300 bits per heavy atom. The molecule has 0 saturated heterocycles. The van der Waals surface area contributed by atoms with E-state index in [0.29, 0.717) is 5.82 Å². The molecule has 3 nitrogen and oxygen atoms in total. The number of rotatable bonds is 6. The van der Waals surface area contributed by atoms with Gasteiger partial charge in [-0.25, -0.2) is 9.97 Å². The molecule has 3 heteroatoms. The van der Waals surface area contributed by atoms with Gasteiger partial charge in [-0.2, -0.15) is 0 Å². The van der Waals surface area contributed by atoms with Gasteiger partial charge < -0.3 is 0 Å². The molecule has 0 amide bonds. The maximum absolute atomic E-state index is 5.22. The van der Waals surface area contributed by atoms with Crippen molar-refractivity contribution in [2.45, 2.75) is 0 Å². The number of pyridine rings is 1. The molecule has 0 saturated carbocycles. The second-order valence-corrected chi connectivity index (χ2v) is 12.5. The number of aromatic nitrogens is 3. The van der Waals surface area contributed by atoms with E-state index in [1.165, 1.54) is 27.1 Å². The lowest BCUT2D eigenvalue weighted by molar-refractivity contribution is 1.18. The summed E-state index contributed by atoms with van der Waals surface area (Å²) in [7, 11) is 0. The summed E-state index contributed by atoms with van der Waals surface area (Å²) in [6, 6.07) is 63.9. The van der Waals surface area contributed by atoms with Crippen molar-refractivity contribution in [3.63, 3.8) is 0 Å². The van der Waals surface area contributed by atoms with E-state index in [-0.39, 0.29) is 0 Å². The molecule has 0 N–H and O–H groups in total. The molecule has 7 aromatic carbocycles. The Morgan fingerprint density at radius 3 is 1.52 bits per heavy atom. The summed E-state index contributed by atoms with van der Waals surface area (Å²) >= 11 is 0. The second kappa shape index (κ2) is 12.7. The van der Waals surface area contributed by atoms with Crippen molar-refractivity contribution in [1.29, 1.82) is 0 Å². The third kappa shape index (κ3) is 5.61. The Balaban J connectivity index is 1.28. The average Bonchev–Trinajstić information content (AvgIpc) is 3.21. The Bertz CT molecular complexity index is 2560. The lowest BCUT2D eigenvalue weighted by Gasteiger charge is -2.15. The number of nitrogens with zero attached hydrogens (tertiary/aromatic N) is 3. The van der Waals surface area contributed by atoms with Crippen molar-refractivity contribution in [2.24, 2.45) is 0 Å². The van der Waals surface area contributed by atoms with Crippen LogP contribution in [0.15, 0.2) is 188 Å². The fraction of sp³-hybridized carbons (Fsp3) is 0. The van der Waals surface area contributed by atoms with E-state index in [1.54, 1.807) is 0 Å². The minimum Gasteiger partial charge on any atom is -0.256 e. The molecular formula is C47H31N3. The molecule has 2 aromatic heterocycles. The second-order valence-electron chi connectivity index (χ2n) is 12.5. The first-order valence-corrected chi connectivity index (χ1v) is 16.8. The van der Waals surface area contributed by atoms with Crippen LogP contribution in [0.5, 0.6) is 0 Å². The largest absolute Gasteiger partial charge is 0.256 e. The smallest absolute Gasteiger partial charge is 0.160 e. The molecule has 0 radical (unpaired) electrons. The minimum atomic E-state index is 0.684. The number of hydrogen-bond donors (Lipinski definition) is 0. The highest BCUT2D eigenvalue weighted by Crippen LogP contribution is 2.39. The van der Waals surface area contributed by atoms with Crippen LogP contribution in [-0.2, 0) is 0 Å². The number of hydrogen-bond acceptors (Lipinski definition) is 3. The van der Waals surface area contributed by atoms with Crippen molar-refractivity contribution in [2.75, 3.05) is 0 Å². The van der Waals surface area contributed by atoms with Crippen molar-refractivity contribution in [3.8, 4) is 67.4 Å². The lowest BCUT2D eigenvalue weighted by atomic mass is 9.90. The molecule has 50 heavy (non-hydrogen) atoms. The third-order valence-electron chi connectivity index (χ3n) is 9.31. The van der Waals surface area contributed by atoms with Crippen molar-refractivity contribution >= 4 is 21.5 Å². The van der Waals surface area contributed by atoms with Crippen LogP contribution in [0.1, 0.15) is 0 Å². The molecule has 0 unspecified atom stereocenters. The fourth-order valence-corrected chi connectivity index (χ4v) is 6.83. The summed E-state index contributed by atoms with van der Waals surface area (Å²) in [6.45, 7) is 0. The lowest BCUT2D eigenvalue weighted by Crippen LogP contribution is -1.97. The van der Waals surface area contributed by atoms with Gasteiger partial charge in [0, 0.05) is 28.5 Å². The summed E-state index contributed by atoms with van der Waals surface area (Å²) in [4.78, 5) is 15.0. The molecular weight excluding hydrogens is 607 g/mol. The predicted octanol–water partition coefficient (Wildman–Crippen LogP) is 12.2. The quantitative estimate of drug-likeness (QED) is 0.170. The summed E-state index contributed by atoms with van der Waals surface area (Å²) < 4.78 is 0. The highest BCUT2D eigenvalue weighted by atomic mass is 14.9. The van der Waals surface area contributed by atoms with Gasteiger partial charge >= 0.3 is 0 Å². The monoisotopic (exact) mass is 637 g/mol. The Morgan fingerprint density at radius 2 is 0.840 bits per heavy atom. The standard InChI is InChI=1S/C47H31N3/c1-3-13-33(14-4-1)45-31-46(34-15-5-2-6-16-34)50-47(49-45)39-28-37(32-22-24-35(25-23-32)44-21-11-12-26-48-44)27-38(29-39)43-30-36-17-7-8-18-40(36)41-19-9-10-20-42(41)43/h1-31H. The van der Waals surface area contributed by atoms with Gasteiger partial charge in [-0.15, -0.1) is 0 Å². The van der Waals surface area contributed by atoms with Crippen LogP contribution < -0.4 is 0 Å². The zero-order chi connectivity index (χ0) is 33.3. The first kappa shape index (κ1) is 29.4. The van der Waals surface area contributed by atoms with Gasteiger partial charge in [0.05, 0.1) is 17.1 Å². The first-order valence-electron chi connectivity index (χ1n) is 16.8. The Kier molecular flexibility index (Phi) is 7.49. The van der Waals surface area contributed by atoms with Gasteiger partial charge in [-0.1, -0.05) is 140 Å². The van der Waals surface area contributed by atoms with Gasteiger partial charge in [0.25, 0.3) is 0 Å². The molecule has 0 bridgehead atoms. The van der Waals surface area contributed by atoms with E-state index in [2.05, 4.69) is 157 Å². The van der Waals surface area contributed by atoms with E-state index >= 15 is 0 Å². The van der Waals surface area contributed by atoms with Crippen molar-refractivity contribution < 1.29 is 0 Å². The first-order chi connectivity index (χ1) is 24.8. The fourth-order valence-electron chi connectivity index (χ4n) is 6.83. The molecule has 0 fully saturated rings. The van der Waals surface area contributed by atoms with E-state index in [1.807, 2.05) is 36.5 Å². The molecule has 0 aliphatic rings. The summed E-state index contributed by atoms with van der Waals surface area (Å²) in [5.41, 5.74) is 11.4. The van der Waals surface area contributed by atoms with Gasteiger partial charge in [0.1, 0.15) is 0 Å². The van der Waals surface area contributed by atoms with E-state index in [4.69, 9.17) is 9.97 Å². The normalized spacial score (nSPS) is 11.2. The maximum atomic E-state index is 5.22. The molecule has 0 atom stereocenters. The van der Waals surface area contributed by atoms with Crippen LogP contribution in [0.2, 0.25) is 0 Å². The van der Waals surface area contributed by atoms with Crippen LogP contribution in [0.3, 0.4) is 0 Å². The maximum Gasteiger partial charge on any atom is 0.160 e. The van der Waals surface area contributed by atoms with E-state index in [9.17, 15) is 0 Å². The minimum absolute atomic E-state index is 0.684. The number of benzene rings is 7. The van der Waals surface area contributed by atoms with Crippen LogP contribution in [0.4, 0.5) is 0 Å². The average molecular weight is 638 g/mol. The van der Waals surface area contributed by atoms with Crippen LogP contribution in [0.25, 0.3) is 89.0 Å². The van der Waals surface area contributed by atoms with Crippen molar-refractivity contribution in [1.82, 2.24) is 15.0 Å². The zero-order valence-corrected chi connectivity index (χ0v) is 27.2. The third-order valence-corrected chi connectivity index (χ3v) is 9.31. The van der Waals surface area contributed by atoms with Gasteiger partial charge in [0.2, 0.25) is 0 Å². The predicted molar refractivity (Wildman–Crippen MR) is 207 cm³/mol. The SMILES string of the molecule is c1ccc(-c2cc(-c3ccccc3)nc(-c3cc(-c4ccc(-c5ccccn5)cc4)cc(-c4cc5ccccc5c5ccccc45)c3)n2)cc1. The summed E-state index contributed by atoms with van der Waals surface area (Å²) in [5, 5.41) is 4.91. The van der Waals surface area contributed by atoms with Crippen LogP contribution in [0, 0.1) is 0 Å². The molecule has 0 aliphatic heterocycles. The molecule has 9 rings (SSSR count). The van der Waals surface area contributed by atoms with E-state index < -0.39 is 0 Å². The Hall–Kier alpha value is -6.71. The van der Waals surface area contributed by atoms with Crippen LogP contribution in [-0.4, -0.2) is 15.0 Å². The number of fused-ring (bicyclic) bond motifs is 3. The molecule has 0 spiro atoms. The van der Waals surface area contributed by atoms with Gasteiger partial charge in [-0.05, 0) is 86.3 Å². The Labute approximate surface area is 291 Å². The van der Waals surface area contributed by atoms with Crippen molar-refractivity contribution in [3.05, 3.63) is 188 Å². The molecule has 0 aliphatic carbocycles. The van der Waals surface area contributed by atoms with E-state index in [0.717, 1.165) is 56.0 Å². The molecule has 9 aromatic rings. The highest BCUT2D eigenvalue weighted by molar-refractivity contribution is 6.14. The topological polar surface area (TPSA) is 38.7 Å². The molecule has 2 heterocycles. The highest BCUT2D eigenvalue weighted by Gasteiger charge is 2.16. The van der Waals surface area contributed by atoms with Gasteiger partial charge in [-0.3, -0.25) is 4.98 Å². The molecule has 234 valence electrons. The summed E-state index contributed by atoms with van der Waals surface area (Å²) in [5.74, 6) is 0.684. The van der Waals surface area contributed by atoms with Gasteiger partial charge in [0.15, 0.2) is 5.82 Å². The summed E-state index contributed by atoms with van der Waals surface area (Å²) in [6.07, 6.45) is 1.83.